The minimum Gasteiger partial charge on any atom is -0.309 e. The maximum Gasteiger partial charge on any atom is 0.245 e. The lowest BCUT2D eigenvalue weighted by Gasteiger charge is -2.12. The van der Waals surface area contributed by atoms with Crippen LogP contribution in [0.3, 0.4) is 0 Å². The van der Waals surface area contributed by atoms with Gasteiger partial charge >= 0.3 is 0 Å². The van der Waals surface area contributed by atoms with Crippen LogP contribution in [0, 0.1) is 17.6 Å². The first kappa shape index (κ1) is 18.1. The Bertz CT molecular complexity index is 968. The van der Waals surface area contributed by atoms with Crippen molar-refractivity contribution in [3.05, 3.63) is 46.9 Å². The van der Waals surface area contributed by atoms with Crippen molar-refractivity contribution in [2.75, 3.05) is 5.32 Å². The van der Waals surface area contributed by atoms with Gasteiger partial charge in [0.2, 0.25) is 5.91 Å². The monoisotopic (exact) mass is 370 g/mol. The van der Waals surface area contributed by atoms with Crippen LogP contribution in [-0.4, -0.2) is 30.5 Å². The quantitative estimate of drug-likeness (QED) is 0.652. The van der Waals surface area contributed by atoms with Crippen LogP contribution < -0.4 is 5.32 Å². The number of benzene rings is 1. The van der Waals surface area contributed by atoms with Crippen LogP contribution in [0.25, 0.3) is 11.4 Å². The van der Waals surface area contributed by atoms with Gasteiger partial charge in [0.25, 0.3) is 0 Å². The topological polar surface area (TPSA) is 80.5 Å². The summed E-state index contributed by atoms with van der Waals surface area (Å²) in [5, 5.41) is 14.2. The molecule has 3 aromatic rings. The number of carbonyl (C=O) groups is 1. The van der Waals surface area contributed by atoms with Crippen LogP contribution in [0.2, 0.25) is 0 Å². The zero-order valence-electron chi connectivity index (χ0n) is 15.1. The molecule has 2 heterocycles. The molecule has 0 bridgehead atoms. The summed E-state index contributed by atoms with van der Waals surface area (Å²) in [6, 6.07) is 9.71. The molecule has 0 atom stereocenters. The van der Waals surface area contributed by atoms with Gasteiger partial charge in [-0.2, -0.15) is 10.2 Å². The maximum absolute atomic E-state index is 12.6. The second-order valence-electron chi connectivity index (χ2n) is 6.65. The molecule has 0 radical (unpaired) electrons. The van der Waals surface area contributed by atoms with E-state index in [1.807, 2.05) is 31.2 Å². The molecule has 2 aromatic heterocycles. The van der Waals surface area contributed by atoms with E-state index in [4.69, 9.17) is 12.2 Å². The number of anilines is 1. The first-order valence-corrected chi connectivity index (χ1v) is 8.89. The third-order valence-corrected chi connectivity index (χ3v) is 4.17. The number of aromatic amines is 1. The van der Waals surface area contributed by atoms with Gasteiger partial charge in [-0.25, -0.2) is 4.68 Å². The van der Waals surface area contributed by atoms with Crippen molar-refractivity contribution in [1.82, 2.24) is 24.5 Å². The Morgan fingerprint density at radius 2 is 2.15 bits per heavy atom. The molecule has 0 aliphatic carbocycles. The van der Waals surface area contributed by atoms with Gasteiger partial charge in [0.15, 0.2) is 10.6 Å². The summed E-state index contributed by atoms with van der Waals surface area (Å²) in [4.78, 5) is 12.6. The van der Waals surface area contributed by atoms with Crippen molar-refractivity contribution in [2.45, 2.75) is 33.9 Å². The number of hydrogen-bond donors (Lipinski definition) is 2. The standard InChI is InChI=1S/C18H22N6OS/c1-12(2)10-24-15(7-8-19-24)20-16(25)11-23-17(21-22-18(23)26)14-6-4-5-13(3)9-14/h4-9,12H,10-11H2,1-3H3,(H,20,25)(H,22,26). The number of nitrogens with one attached hydrogen (secondary N) is 2. The molecular weight excluding hydrogens is 348 g/mol. The van der Waals surface area contributed by atoms with Crippen molar-refractivity contribution >= 4 is 23.9 Å². The molecule has 1 amide bonds. The molecule has 26 heavy (non-hydrogen) atoms. The summed E-state index contributed by atoms with van der Waals surface area (Å²) in [7, 11) is 0. The van der Waals surface area contributed by atoms with Gasteiger partial charge in [-0.3, -0.25) is 14.5 Å². The first-order valence-electron chi connectivity index (χ1n) is 8.48. The molecule has 3 rings (SSSR count). The van der Waals surface area contributed by atoms with Gasteiger partial charge in [0, 0.05) is 18.2 Å². The lowest BCUT2D eigenvalue weighted by molar-refractivity contribution is -0.116. The van der Waals surface area contributed by atoms with E-state index in [1.165, 1.54) is 0 Å². The molecule has 0 aliphatic heterocycles. The Kier molecular flexibility index (Phi) is 5.32. The average Bonchev–Trinajstić information content (AvgIpc) is 3.14. The Balaban J connectivity index is 1.80. The largest absolute Gasteiger partial charge is 0.309 e. The summed E-state index contributed by atoms with van der Waals surface area (Å²) >= 11 is 5.30. The molecule has 2 N–H and O–H groups in total. The Morgan fingerprint density at radius 3 is 2.88 bits per heavy atom. The SMILES string of the molecule is Cc1cccc(-c2n[nH]c(=S)n2CC(=O)Nc2ccnn2CC(C)C)c1. The Morgan fingerprint density at radius 1 is 1.35 bits per heavy atom. The fourth-order valence-corrected chi connectivity index (χ4v) is 2.92. The summed E-state index contributed by atoms with van der Waals surface area (Å²) in [5.74, 6) is 1.57. The molecule has 7 nitrogen and oxygen atoms in total. The van der Waals surface area contributed by atoms with Gasteiger partial charge in [-0.15, -0.1) is 0 Å². The molecule has 0 unspecified atom stereocenters. The number of hydrogen-bond acceptors (Lipinski definition) is 4. The highest BCUT2D eigenvalue weighted by atomic mass is 32.1. The van der Waals surface area contributed by atoms with E-state index in [0.717, 1.165) is 17.7 Å². The number of carbonyl (C=O) groups excluding carboxylic acids is 1. The summed E-state index contributed by atoms with van der Waals surface area (Å²) in [6.45, 7) is 7.03. The number of amides is 1. The van der Waals surface area contributed by atoms with Crippen LogP contribution in [0.4, 0.5) is 5.82 Å². The highest BCUT2D eigenvalue weighted by Crippen LogP contribution is 2.19. The molecule has 0 fully saturated rings. The van der Waals surface area contributed by atoms with Crippen LogP contribution in [0.15, 0.2) is 36.5 Å². The van der Waals surface area contributed by atoms with E-state index < -0.39 is 0 Å². The number of aryl methyl sites for hydroxylation is 1. The van der Waals surface area contributed by atoms with Crippen LogP contribution in [0.1, 0.15) is 19.4 Å². The zero-order valence-corrected chi connectivity index (χ0v) is 15.9. The number of nitrogens with zero attached hydrogens (tertiary/aromatic N) is 4. The van der Waals surface area contributed by atoms with E-state index in [2.05, 4.69) is 34.5 Å². The van der Waals surface area contributed by atoms with E-state index in [0.29, 0.717) is 22.3 Å². The molecule has 0 saturated carbocycles. The minimum absolute atomic E-state index is 0.0749. The lowest BCUT2D eigenvalue weighted by Crippen LogP contribution is -2.22. The predicted octanol–water partition coefficient (Wildman–Crippen LogP) is 3.41. The first-order chi connectivity index (χ1) is 12.4. The van der Waals surface area contributed by atoms with Gasteiger partial charge < -0.3 is 5.32 Å². The third kappa shape index (κ3) is 4.08. The smallest absolute Gasteiger partial charge is 0.245 e. The molecular formula is C18H22N6OS. The number of rotatable bonds is 6. The summed E-state index contributed by atoms with van der Waals surface area (Å²) in [5.41, 5.74) is 2.03. The van der Waals surface area contributed by atoms with Gasteiger partial charge in [0.05, 0.1) is 6.20 Å². The third-order valence-electron chi connectivity index (χ3n) is 3.86. The highest BCUT2D eigenvalue weighted by Gasteiger charge is 2.14. The van der Waals surface area contributed by atoms with E-state index >= 15 is 0 Å². The number of aromatic nitrogens is 5. The van der Waals surface area contributed by atoms with Crippen LogP contribution >= 0.6 is 12.2 Å². The maximum atomic E-state index is 12.6. The summed E-state index contributed by atoms with van der Waals surface area (Å²) in [6.07, 6.45) is 1.68. The predicted molar refractivity (Wildman–Crippen MR) is 103 cm³/mol. The molecule has 136 valence electrons. The minimum atomic E-state index is -0.179. The molecule has 1 aromatic carbocycles. The number of H-pyrrole nitrogens is 1. The Hall–Kier alpha value is -2.74. The van der Waals surface area contributed by atoms with Crippen molar-refractivity contribution < 1.29 is 4.79 Å². The second-order valence-corrected chi connectivity index (χ2v) is 7.04. The van der Waals surface area contributed by atoms with E-state index in [1.54, 1.807) is 21.5 Å². The fraction of sp³-hybridized carbons (Fsp3) is 0.333. The van der Waals surface area contributed by atoms with E-state index in [9.17, 15) is 4.79 Å². The molecule has 0 spiro atoms. The van der Waals surface area contributed by atoms with Crippen LogP contribution in [0.5, 0.6) is 0 Å². The van der Waals surface area contributed by atoms with Gasteiger partial charge in [-0.1, -0.05) is 37.6 Å². The summed E-state index contributed by atoms with van der Waals surface area (Å²) < 4.78 is 3.90. The second kappa shape index (κ2) is 7.65. The van der Waals surface area contributed by atoms with Gasteiger partial charge in [0.1, 0.15) is 12.4 Å². The van der Waals surface area contributed by atoms with Crippen molar-refractivity contribution in [2.24, 2.45) is 5.92 Å². The van der Waals surface area contributed by atoms with Crippen molar-refractivity contribution in [3.63, 3.8) is 0 Å². The van der Waals surface area contributed by atoms with Crippen molar-refractivity contribution in [3.8, 4) is 11.4 Å². The highest BCUT2D eigenvalue weighted by molar-refractivity contribution is 7.71. The fourth-order valence-electron chi connectivity index (χ4n) is 2.73. The van der Waals surface area contributed by atoms with Gasteiger partial charge in [-0.05, 0) is 31.1 Å². The molecule has 0 saturated heterocycles. The molecule has 8 heteroatoms. The normalized spacial score (nSPS) is 11.1. The average molecular weight is 370 g/mol. The lowest BCUT2D eigenvalue weighted by atomic mass is 10.1. The zero-order chi connectivity index (χ0) is 18.7. The molecule has 0 aliphatic rings. The van der Waals surface area contributed by atoms with Crippen LogP contribution in [-0.2, 0) is 17.9 Å². The Labute approximate surface area is 157 Å². The van der Waals surface area contributed by atoms with Crippen molar-refractivity contribution in [1.29, 1.82) is 0 Å². The van der Waals surface area contributed by atoms with E-state index in [-0.39, 0.29) is 12.5 Å².